The van der Waals surface area contributed by atoms with E-state index in [0.717, 1.165) is 5.69 Å². The number of anilines is 1. The van der Waals surface area contributed by atoms with Gasteiger partial charge in [0.1, 0.15) is 0 Å². The number of carbonyl (C=O) groups excluding carboxylic acids is 1. The number of benzene rings is 1. The number of nitrogens with one attached hydrogen (secondary N) is 2. The Bertz CT molecular complexity index is 539. The van der Waals surface area contributed by atoms with Crippen LogP contribution in [0.5, 0.6) is 0 Å². The predicted molar refractivity (Wildman–Crippen MR) is 68.8 cm³/mol. The third-order valence-corrected chi connectivity index (χ3v) is 4.65. The summed E-state index contributed by atoms with van der Waals surface area (Å²) in [6, 6.07) is 6.68. The van der Waals surface area contributed by atoms with Crippen LogP contribution in [0.2, 0.25) is 0 Å². The quantitative estimate of drug-likeness (QED) is 0.404. The SMILES string of the molecule is NNC(=O)c1ccc(NC2CCS(=O)(=O)C2)cc1. The fraction of sp³-hybridized carbons (Fsp3) is 0.364. The maximum absolute atomic E-state index is 11.3. The number of amides is 1. The molecule has 1 aromatic rings. The molecule has 98 valence electrons. The van der Waals surface area contributed by atoms with Crippen molar-refractivity contribution in [3.05, 3.63) is 29.8 Å². The fourth-order valence-corrected chi connectivity index (χ4v) is 3.62. The summed E-state index contributed by atoms with van der Waals surface area (Å²) in [6.07, 6.45) is 0.618. The van der Waals surface area contributed by atoms with Crippen molar-refractivity contribution in [3.63, 3.8) is 0 Å². The number of carbonyl (C=O) groups is 1. The maximum Gasteiger partial charge on any atom is 0.265 e. The van der Waals surface area contributed by atoms with Crippen molar-refractivity contribution in [2.75, 3.05) is 16.8 Å². The molecule has 1 fully saturated rings. The Morgan fingerprint density at radius 2 is 1.94 bits per heavy atom. The van der Waals surface area contributed by atoms with E-state index >= 15 is 0 Å². The minimum absolute atomic E-state index is 0.0517. The van der Waals surface area contributed by atoms with Gasteiger partial charge in [-0.2, -0.15) is 0 Å². The molecule has 0 spiro atoms. The van der Waals surface area contributed by atoms with E-state index in [-0.39, 0.29) is 23.5 Å². The van der Waals surface area contributed by atoms with Crippen molar-refractivity contribution in [2.24, 2.45) is 5.84 Å². The Morgan fingerprint density at radius 3 is 2.44 bits per heavy atom. The summed E-state index contributed by atoms with van der Waals surface area (Å²) in [7, 11) is -2.88. The molecule has 6 nitrogen and oxygen atoms in total. The molecule has 1 aliphatic heterocycles. The molecule has 0 bridgehead atoms. The third-order valence-electron chi connectivity index (χ3n) is 2.88. The molecule has 4 N–H and O–H groups in total. The number of nitrogens with two attached hydrogens (primary N) is 1. The van der Waals surface area contributed by atoms with Crippen LogP contribution >= 0.6 is 0 Å². The first kappa shape index (κ1) is 12.8. The van der Waals surface area contributed by atoms with Crippen molar-refractivity contribution in [2.45, 2.75) is 12.5 Å². The van der Waals surface area contributed by atoms with Crippen molar-refractivity contribution in [1.82, 2.24) is 5.43 Å². The first-order chi connectivity index (χ1) is 8.50. The summed E-state index contributed by atoms with van der Waals surface area (Å²) in [4.78, 5) is 11.2. The molecular weight excluding hydrogens is 254 g/mol. The Kier molecular flexibility index (Phi) is 3.53. The fourth-order valence-electron chi connectivity index (χ4n) is 1.95. The number of nitrogen functional groups attached to an aromatic ring is 1. The lowest BCUT2D eigenvalue weighted by atomic mass is 10.2. The molecule has 1 aromatic carbocycles. The Balaban J connectivity index is 2.01. The van der Waals surface area contributed by atoms with Gasteiger partial charge in [-0.15, -0.1) is 0 Å². The lowest BCUT2D eigenvalue weighted by Gasteiger charge is -2.12. The smallest absolute Gasteiger partial charge is 0.265 e. The van der Waals surface area contributed by atoms with Gasteiger partial charge in [-0.1, -0.05) is 0 Å². The van der Waals surface area contributed by atoms with E-state index in [0.29, 0.717) is 12.0 Å². The van der Waals surface area contributed by atoms with Gasteiger partial charge in [0.25, 0.3) is 5.91 Å². The second kappa shape index (κ2) is 4.95. The van der Waals surface area contributed by atoms with E-state index in [9.17, 15) is 13.2 Å². The lowest BCUT2D eigenvalue weighted by Crippen LogP contribution is -2.29. The molecule has 0 radical (unpaired) electrons. The zero-order chi connectivity index (χ0) is 13.2. The number of hydrogen-bond donors (Lipinski definition) is 3. The van der Waals surface area contributed by atoms with E-state index in [4.69, 9.17) is 5.84 Å². The van der Waals surface area contributed by atoms with Crippen molar-refractivity contribution >= 4 is 21.4 Å². The molecule has 7 heteroatoms. The minimum atomic E-state index is -2.88. The van der Waals surface area contributed by atoms with Crippen LogP contribution in [-0.2, 0) is 9.84 Å². The number of rotatable bonds is 3. The lowest BCUT2D eigenvalue weighted by molar-refractivity contribution is 0.0953. The molecule has 2 rings (SSSR count). The van der Waals surface area contributed by atoms with Crippen molar-refractivity contribution < 1.29 is 13.2 Å². The first-order valence-electron chi connectivity index (χ1n) is 5.58. The van der Waals surface area contributed by atoms with Crippen LogP contribution in [0.1, 0.15) is 16.8 Å². The largest absolute Gasteiger partial charge is 0.381 e. The van der Waals surface area contributed by atoms with E-state index in [1.165, 1.54) is 0 Å². The van der Waals surface area contributed by atoms with Crippen LogP contribution in [0.4, 0.5) is 5.69 Å². The summed E-state index contributed by atoms with van der Waals surface area (Å²) in [5.74, 6) is 5.06. The van der Waals surface area contributed by atoms with Crippen LogP contribution in [0, 0.1) is 0 Å². The van der Waals surface area contributed by atoms with Crippen LogP contribution in [0.25, 0.3) is 0 Å². The minimum Gasteiger partial charge on any atom is -0.381 e. The van der Waals surface area contributed by atoms with E-state index in [1.807, 2.05) is 5.43 Å². The Labute approximate surface area is 105 Å². The monoisotopic (exact) mass is 269 g/mol. The van der Waals surface area contributed by atoms with Crippen LogP contribution in [0.15, 0.2) is 24.3 Å². The Hall–Kier alpha value is -1.60. The van der Waals surface area contributed by atoms with E-state index in [2.05, 4.69) is 5.32 Å². The van der Waals surface area contributed by atoms with Crippen LogP contribution in [-0.4, -0.2) is 31.9 Å². The van der Waals surface area contributed by atoms with Gasteiger partial charge in [0.2, 0.25) is 0 Å². The molecule has 1 amide bonds. The normalized spacial score (nSPS) is 21.5. The van der Waals surface area contributed by atoms with Crippen LogP contribution in [0.3, 0.4) is 0 Å². The van der Waals surface area contributed by atoms with Crippen molar-refractivity contribution in [3.8, 4) is 0 Å². The highest BCUT2D eigenvalue weighted by atomic mass is 32.2. The van der Waals surface area contributed by atoms with Crippen molar-refractivity contribution in [1.29, 1.82) is 0 Å². The standard InChI is InChI=1S/C11H15N3O3S/c12-14-11(15)8-1-3-9(4-2-8)13-10-5-6-18(16,17)7-10/h1-4,10,13H,5-7,12H2,(H,14,15). The van der Waals surface area contributed by atoms with Gasteiger partial charge < -0.3 is 5.32 Å². The highest BCUT2D eigenvalue weighted by molar-refractivity contribution is 7.91. The molecule has 0 saturated carbocycles. The molecule has 0 aliphatic carbocycles. The summed E-state index contributed by atoms with van der Waals surface area (Å²) < 4.78 is 22.6. The third kappa shape index (κ3) is 2.99. The van der Waals surface area contributed by atoms with Crippen LogP contribution < -0.4 is 16.6 Å². The summed E-state index contributed by atoms with van der Waals surface area (Å²) in [5, 5.41) is 3.14. The van der Waals surface area contributed by atoms with Gasteiger partial charge in [0, 0.05) is 17.3 Å². The topological polar surface area (TPSA) is 101 Å². The number of hydrogen-bond acceptors (Lipinski definition) is 5. The van der Waals surface area contributed by atoms with E-state index in [1.54, 1.807) is 24.3 Å². The molecule has 1 atom stereocenters. The zero-order valence-corrected chi connectivity index (χ0v) is 10.5. The zero-order valence-electron chi connectivity index (χ0n) is 9.72. The van der Waals surface area contributed by atoms with Gasteiger partial charge >= 0.3 is 0 Å². The van der Waals surface area contributed by atoms with Gasteiger partial charge in [-0.25, -0.2) is 14.3 Å². The predicted octanol–water partition coefficient (Wildman–Crippen LogP) is -0.111. The first-order valence-corrected chi connectivity index (χ1v) is 7.40. The average molecular weight is 269 g/mol. The molecule has 1 aliphatic rings. The molecule has 1 heterocycles. The Morgan fingerprint density at radius 1 is 1.28 bits per heavy atom. The summed E-state index contributed by atoms with van der Waals surface area (Å²) >= 11 is 0. The summed E-state index contributed by atoms with van der Waals surface area (Å²) in [5.41, 5.74) is 3.30. The van der Waals surface area contributed by atoms with Gasteiger partial charge in [-0.05, 0) is 30.7 Å². The molecule has 1 saturated heterocycles. The molecule has 18 heavy (non-hydrogen) atoms. The highest BCUT2D eigenvalue weighted by Crippen LogP contribution is 2.17. The molecule has 1 unspecified atom stereocenters. The highest BCUT2D eigenvalue weighted by Gasteiger charge is 2.27. The second-order valence-electron chi connectivity index (χ2n) is 4.30. The number of hydrazine groups is 1. The molecular formula is C11H15N3O3S. The van der Waals surface area contributed by atoms with Gasteiger partial charge in [0.05, 0.1) is 11.5 Å². The van der Waals surface area contributed by atoms with Gasteiger partial charge in [0.15, 0.2) is 9.84 Å². The number of sulfone groups is 1. The molecule has 0 aromatic heterocycles. The maximum atomic E-state index is 11.3. The second-order valence-corrected chi connectivity index (χ2v) is 6.52. The van der Waals surface area contributed by atoms with Gasteiger partial charge in [-0.3, -0.25) is 10.2 Å². The average Bonchev–Trinajstić information content (AvgIpc) is 2.68. The van der Waals surface area contributed by atoms with E-state index < -0.39 is 9.84 Å². The summed E-state index contributed by atoms with van der Waals surface area (Å²) in [6.45, 7) is 0.